The first-order chi connectivity index (χ1) is 9.73. The first-order valence-corrected chi connectivity index (χ1v) is 8.33. The minimum Gasteiger partial charge on any atom is -0.384 e. The molecule has 0 N–H and O–H groups in total. The Hall–Kier alpha value is -0.490. The number of hydrogen-bond donors (Lipinski definition) is 0. The van der Waals surface area contributed by atoms with Gasteiger partial charge in [0, 0.05) is 43.6 Å². The molecule has 0 spiro atoms. The summed E-state index contributed by atoms with van der Waals surface area (Å²) >= 11 is 1.77. The monoisotopic (exact) mass is 296 g/mol. The lowest BCUT2D eigenvalue weighted by Gasteiger charge is -2.50. The molecule has 20 heavy (non-hydrogen) atoms. The lowest BCUT2D eigenvalue weighted by atomic mass is 9.73. The van der Waals surface area contributed by atoms with Crippen LogP contribution in [0.2, 0.25) is 0 Å². The number of aryl methyl sites for hydroxylation is 1. The Bertz CT molecular complexity index is 447. The van der Waals surface area contributed by atoms with Crippen molar-refractivity contribution in [2.45, 2.75) is 38.8 Å². The van der Waals surface area contributed by atoms with Gasteiger partial charge in [-0.15, -0.1) is 11.3 Å². The molecule has 2 atom stereocenters. The van der Waals surface area contributed by atoms with Crippen molar-refractivity contribution in [3.8, 4) is 0 Å². The van der Waals surface area contributed by atoms with Gasteiger partial charge < -0.3 is 9.47 Å². The van der Waals surface area contributed by atoms with E-state index in [-0.39, 0.29) is 5.41 Å². The summed E-state index contributed by atoms with van der Waals surface area (Å²) in [5.41, 5.74) is 3.33. The van der Waals surface area contributed by atoms with E-state index >= 15 is 0 Å². The molecule has 2 aliphatic rings. The summed E-state index contributed by atoms with van der Waals surface area (Å²) in [6, 6.07) is 0. The standard InChI is InChI=1S/C15H24N2O2S/c1-12-13(20-11-16-12)8-17-6-4-14-15(9-17,10-18-2)5-3-7-19-14/h11,14H,3-10H2,1-2H3. The molecule has 2 saturated heterocycles. The van der Waals surface area contributed by atoms with E-state index in [1.165, 1.54) is 17.0 Å². The van der Waals surface area contributed by atoms with Crippen molar-refractivity contribution in [3.05, 3.63) is 16.1 Å². The second kappa shape index (κ2) is 6.10. The molecular formula is C15H24N2O2S. The molecule has 5 heteroatoms. The quantitative estimate of drug-likeness (QED) is 0.855. The van der Waals surface area contributed by atoms with E-state index < -0.39 is 0 Å². The van der Waals surface area contributed by atoms with Crippen LogP contribution in [0.1, 0.15) is 29.8 Å². The van der Waals surface area contributed by atoms with Gasteiger partial charge in [0.25, 0.3) is 0 Å². The van der Waals surface area contributed by atoms with Crippen LogP contribution in [0.15, 0.2) is 5.51 Å². The molecule has 0 aliphatic carbocycles. The number of fused-ring (bicyclic) bond motifs is 1. The van der Waals surface area contributed by atoms with Crippen molar-refractivity contribution >= 4 is 11.3 Å². The Kier molecular flexibility index (Phi) is 4.40. The van der Waals surface area contributed by atoms with Crippen LogP contribution in [0.3, 0.4) is 0 Å². The molecule has 1 aromatic heterocycles. The summed E-state index contributed by atoms with van der Waals surface area (Å²) < 4.78 is 11.6. The molecule has 2 aliphatic heterocycles. The third kappa shape index (κ3) is 2.77. The lowest BCUT2D eigenvalue weighted by Crippen LogP contribution is -2.56. The van der Waals surface area contributed by atoms with Crippen LogP contribution >= 0.6 is 11.3 Å². The number of hydrogen-bond acceptors (Lipinski definition) is 5. The highest BCUT2D eigenvalue weighted by molar-refractivity contribution is 7.09. The molecule has 3 rings (SSSR count). The van der Waals surface area contributed by atoms with E-state index in [9.17, 15) is 0 Å². The topological polar surface area (TPSA) is 34.6 Å². The highest BCUT2D eigenvalue weighted by Gasteiger charge is 2.45. The summed E-state index contributed by atoms with van der Waals surface area (Å²) in [5, 5.41) is 0. The van der Waals surface area contributed by atoms with Crippen LogP contribution in [0.5, 0.6) is 0 Å². The van der Waals surface area contributed by atoms with E-state index in [1.54, 1.807) is 11.3 Å². The number of rotatable bonds is 4. The van der Waals surface area contributed by atoms with Crippen LogP contribution in [0, 0.1) is 12.3 Å². The molecule has 2 fully saturated rings. The van der Waals surface area contributed by atoms with Crippen molar-refractivity contribution in [2.24, 2.45) is 5.41 Å². The van der Waals surface area contributed by atoms with Gasteiger partial charge >= 0.3 is 0 Å². The molecule has 0 bridgehead atoms. The molecule has 4 nitrogen and oxygen atoms in total. The average molecular weight is 296 g/mol. The number of thiazole rings is 1. The largest absolute Gasteiger partial charge is 0.384 e. The lowest BCUT2D eigenvalue weighted by molar-refractivity contribution is -0.149. The smallest absolute Gasteiger partial charge is 0.0798 e. The van der Waals surface area contributed by atoms with Gasteiger partial charge in [-0.1, -0.05) is 0 Å². The van der Waals surface area contributed by atoms with Crippen molar-refractivity contribution in [1.82, 2.24) is 9.88 Å². The van der Waals surface area contributed by atoms with Gasteiger partial charge in [-0.3, -0.25) is 4.90 Å². The fraction of sp³-hybridized carbons (Fsp3) is 0.800. The predicted octanol–water partition coefficient (Wildman–Crippen LogP) is 2.47. The van der Waals surface area contributed by atoms with Crippen LogP contribution in [0.25, 0.3) is 0 Å². The second-order valence-electron chi connectivity index (χ2n) is 6.12. The van der Waals surface area contributed by atoms with Crippen LogP contribution in [-0.4, -0.2) is 49.4 Å². The maximum atomic E-state index is 6.03. The molecule has 112 valence electrons. The van der Waals surface area contributed by atoms with Crippen molar-refractivity contribution in [3.63, 3.8) is 0 Å². The van der Waals surface area contributed by atoms with Gasteiger partial charge in [-0.05, 0) is 26.2 Å². The van der Waals surface area contributed by atoms with Crippen molar-refractivity contribution < 1.29 is 9.47 Å². The molecule has 1 aromatic rings. The third-order valence-corrected chi connectivity index (χ3v) is 5.63. The third-order valence-electron chi connectivity index (χ3n) is 4.71. The molecule has 0 aromatic carbocycles. The molecule has 2 unspecified atom stereocenters. The van der Waals surface area contributed by atoms with E-state index in [1.807, 2.05) is 12.6 Å². The Morgan fingerprint density at radius 2 is 2.50 bits per heavy atom. The SMILES string of the molecule is COCC12CCCOC1CCN(Cc1scnc1C)C2. The number of aromatic nitrogens is 1. The zero-order valence-corrected chi connectivity index (χ0v) is 13.2. The predicted molar refractivity (Wildman–Crippen MR) is 80.0 cm³/mol. The van der Waals surface area contributed by atoms with E-state index in [4.69, 9.17) is 9.47 Å². The second-order valence-corrected chi connectivity index (χ2v) is 7.06. The Morgan fingerprint density at radius 1 is 1.60 bits per heavy atom. The summed E-state index contributed by atoms with van der Waals surface area (Å²) in [5.74, 6) is 0. The van der Waals surface area contributed by atoms with E-state index in [0.29, 0.717) is 6.10 Å². The number of likely N-dealkylation sites (tertiary alicyclic amines) is 1. The molecule has 0 saturated carbocycles. The van der Waals surface area contributed by atoms with Gasteiger partial charge in [0.1, 0.15) is 0 Å². The zero-order valence-electron chi connectivity index (χ0n) is 12.4. The van der Waals surface area contributed by atoms with Gasteiger partial charge in [-0.25, -0.2) is 4.98 Å². The molecule has 0 amide bonds. The average Bonchev–Trinajstić information content (AvgIpc) is 2.84. The number of piperidine rings is 1. The van der Waals surface area contributed by atoms with E-state index in [2.05, 4.69) is 16.8 Å². The highest BCUT2D eigenvalue weighted by atomic mass is 32.1. The molecule has 3 heterocycles. The minimum atomic E-state index is 0.198. The number of ether oxygens (including phenoxy) is 2. The summed E-state index contributed by atoms with van der Waals surface area (Å²) in [6.07, 6.45) is 3.90. The van der Waals surface area contributed by atoms with Gasteiger partial charge in [0.2, 0.25) is 0 Å². The van der Waals surface area contributed by atoms with Crippen LogP contribution in [0.4, 0.5) is 0 Å². The van der Waals surface area contributed by atoms with Crippen LogP contribution < -0.4 is 0 Å². The van der Waals surface area contributed by atoms with Gasteiger partial charge in [0.05, 0.1) is 23.9 Å². The fourth-order valence-electron chi connectivity index (χ4n) is 3.70. The molecule has 0 radical (unpaired) electrons. The van der Waals surface area contributed by atoms with Crippen molar-refractivity contribution in [2.75, 3.05) is 33.4 Å². The maximum absolute atomic E-state index is 6.03. The van der Waals surface area contributed by atoms with Crippen molar-refractivity contribution in [1.29, 1.82) is 0 Å². The Morgan fingerprint density at radius 3 is 3.25 bits per heavy atom. The summed E-state index contributed by atoms with van der Waals surface area (Å²) in [6.45, 7) is 7.07. The Labute approximate surface area is 125 Å². The zero-order chi connectivity index (χ0) is 14.0. The first kappa shape index (κ1) is 14.4. The van der Waals surface area contributed by atoms with Crippen LogP contribution in [-0.2, 0) is 16.0 Å². The maximum Gasteiger partial charge on any atom is 0.0798 e. The normalized spacial score (nSPS) is 31.2. The minimum absolute atomic E-state index is 0.198. The number of nitrogens with zero attached hydrogens (tertiary/aromatic N) is 2. The van der Waals surface area contributed by atoms with E-state index in [0.717, 1.165) is 45.7 Å². The summed E-state index contributed by atoms with van der Waals surface area (Å²) in [7, 11) is 1.81. The highest BCUT2D eigenvalue weighted by Crippen LogP contribution is 2.40. The van der Waals surface area contributed by atoms with Gasteiger partial charge in [-0.2, -0.15) is 0 Å². The first-order valence-electron chi connectivity index (χ1n) is 7.45. The fourth-order valence-corrected chi connectivity index (χ4v) is 4.51. The Balaban J connectivity index is 1.71. The van der Waals surface area contributed by atoms with Gasteiger partial charge in [0.15, 0.2) is 0 Å². The summed E-state index contributed by atoms with van der Waals surface area (Å²) in [4.78, 5) is 8.32. The number of methoxy groups -OCH3 is 1. The molecular weight excluding hydrogens is 272 g/mol.